The molecule has 1 N–H and O–H groups in total. The number of hydrogen-bond acceptors (Lipinski definition) is 2. The third-order valence-corrected chi connectivity index (χ3v) is 3.97. The summed E-state index contributed by atoms with van der Waals surface area (Å²) >= 11 is 0. The van der Waals surface area contributed by atoms with Crippen molar-refractivity contribution >= 4 is 11.6 Å². The minimum Gasteiger partial charge on any atom is -0.320 e. The van der Waals surface area contributed by atoms with Crippen LogP contribution in [0, 0.1) is 12.8 Å². The minimum absolute atomic E-state index is 0.103. The van der Waals surface area contributed by atoms with E-state index in [4.69, 9.17) is 0 Å². The van der Waals surface area contributed by atoms with E-state index in [9.17, 15) is 9.59 Å². The molecule has 5 heteroatoms. The zero-order valence-electron chi connectivity index (χ0n) is 13.6. The number of carbonyl (C=O) groups excluding carboxylic acids is 1. The van der Waals surface area contributed by atoms with E-state index in [0.717, 1.165) is 24.2 Å². The number of anilines is 1. The number of amides is 1. The maximum absolute atomic E-state index is 12.7. The first-order valence-electron chi connectivity index (χ1n) is 7.62. The molecule has 0 bridgehead atoms. The summed E-state index contributed by atoms with van der Waals surface area (Å²) in [4.78, 5) is 24.8. The molecule has 1 aromatic heterocycles. The third kappa shape index (κ3) is 2.98. The average Bonchev–Trinajstić information content (AvgIpc) is 2.72. The summed E-state index contributed by atoms with van der Waals surface area (Å²) in [5.41, 5.74) is 1.67. The Bertz CT molecular complexity index is 713. The fourth-order valence-electron chi connectivity index (χ4n) is 2.52. The van der Waals surface area contributed by atoms with E-state index in [1.54, 1.807) is 9.36 Å². The topological polar surface area (TPSA) is 56.0 Å². The monoisotopic (exact) mass is 301 g/mol. The van der Waals surface area contributed by atoms with E-state index in [-0.39, 0.29) is 17.4 Å². The molecule has 118 valence electrons. The first-order chi connectivity index (χ1) is 10.5. The lowest BCUT2D eigenvalue weighted by molar-refractivity contribution is -0.119. The van der Waals surface area contributed by atoms with Gasteiger partial charge < -0.3 is 5.32 Å². The molecule has 0 unspecified atom stereocenters. The zero-order valence-corrected chi connectivity index (χ0v) is 13.6. The minimum atomic E-state index is -0.205. The second-order valence-corrected chi connectivity index (χ2v) is 5.62. The molecule has 1 amide bonds. The Morgan fingerprint density at radius 1 is 1.27 bits per heavy atom. The van der Waals surface area contributed by atoms with Crippen LogP contribution < -0.4 is 10.9 Å². The number of rotatable bonds is 5. The van der Waals surface area contributed by atoms with Gasteiger partial charge in [-0.15, -0.1) is 0 Å². The molecule has 1 heterocycles. The van der Waals surface area contributed by atoms with Crippen molar-refractivity contribution in [1.29, 1.82) is 0 Å². The van der Waals surface area contributed by atoms with Crippen molar-refractivity contribution in [2.24, 2.45) is 13.0 Å². The van der Waals surface area contributed by atoms with Gasteiger partial charge in [0.15, 0.2) is 0 Å². The van der Waals surface area contributed by atoms with E-state index in [0.29, 0.717) is 5.69 Å². The Morgan fingerprint density at radius 3 is 2.50 bits per heavy atom. The fourth-order valence-corrected chi connectivity index (χ4v) is 2.52. The standard InChI is InChI=1S/C17H23N3O2/c1-5-9-12(2)16(21)18-15-13(3)19(4)20(17(15)22)14-10-7-6-8-11-14/h6-8,10-12H,5,9H2,1-4H3,(H,18,21)/t12-/m1/s1. The summed E-state index contributed by atoms with van der Waals surface area (Å²) in [6, 6.07) is 9.40. The van der Waals surface area contributed by atoms with Crippen molar-refractivity contribution in [3.05, 3.63) is 46.4 Å². The van der Waals surface area contributed by atoms with Gasteiger partial charge >= 0.3 is 0 Å². The Labute approximate surface area is 130 Å². The maximum atomic E-state index is 12.7. The van der Waals surface area contributed by atoms with Gasteiger partial charge in [-0.05, 0) is 25.5 Å². The number of nitrogens with one attached hydrogen (secondary N) is 1. The van der Waals surface area contributed by atoms with Gasteiger partial charge in [-0.1, -0.05) is 38.5 Å². The lowest BCUT2D eigenvalue weighted by Crippen LogP contribution is -2.25. The highest BCUT2D eigenvalue weighted by molar-refractivity contribution is 5.92. The number of aromatic nitrogens is 2. The van der Waals surface area contributed by atoms with Crippen LogP contribution in [-0.4, -0.2) is 15.3 Å². The molecule has 0 aliphatic rings. The molecule has 2 aromatic rings. The first-order valence-corrected chi connectivity index (χ1v) is 7.62. The van der Waals surface area contributed by atoms with Crippen LogP contribution in [0.4, 0.5) is 5.69 Å². The summed E-state index contributed by atoms with van der Waals surface area (Å²) in [7, 11) is 1.81. The quantitative estimate of drug-likeness (QED) is 0.923. The molecule has 0 saturated carbocycles. The molecular weight excluding hydrogens is 278 g/mol. The van der Waals surface area contributed by atoms with Crippen LogP contribution in [0.2, 0.25) is 0 Å². The van der Waals surface area contributed by atoms with Crippen molar-refractivity contribution in [2.45, 2.75) is 33.6 Å². The van der Waals surface area contributed by atoms with Gasteiger partial charge in [-0.2, -0.15) is 0 Å². The van der Waals surface area contributed by atoms with E-state index >= 15 is 0 Å². The number of para-hydroxylation sites is 1. The Kier molecular flexibility index (Phi) is 4.85. The van der Waals surface area contributed by atoms with Gasteiger partial charge in [0.25, 0.3) is 5.56 Å². The average molecular weight is 301 g/mol. The Morgan fingerprint density at radius 2 is 1.91 bits per heavy atom. The van der Waals surface area contributed by atoms with Crippen molar-refractivity contribution in [1.82, 2.24) is 9.36 Å². The number of nitrogens with zero attached hydrogens (tertiary/aromatic N) is 2. The molecule has 0 aliphatic carbocycles. The van der Waals surface area contributed by atoms with Crippen molar-refractivity contribution in [3.63, 3.8) is 0 Å². The maximum Gasteiger partial charge on any atom is 0.295 e. The zero-order chi connectivity index (χ0) is 16.3. The van der Waals surface area contributed by atoms with Crippen molar-refractivity contribution < 1.29 is 4.79 Å². The predicted octanol–water partition coefficient (Wildman–Crippen LogP) is 2.86. The van der Waals surface area contributed by atoms with Crippen molar-refractivity contribution in [2.75, 3.05) is 5.32 Å². The van der Waals surface area contributed by atoms with Crippen LogP contribution in [-0.2, 0) is 11.8 Å². The summed E-state index contributed by atoms with van der Waals surface area (Å²) in [5.74, 6) is -0.206. The first kappa shape index (κ1) is 16.1. The highest BCUT2D eigenvalue weighted by Crippen LogP contribution is 2.15. The molecule has 0 aliphatic heterocycles. The third-order valence-electron chi connectivity index (χ3n) is 3.97. The summed E-state index contributed by atoms with van der Waals surface area (Å²) in [6.45, 7) is 5.76. The van der Waals surface area contributed by atoms with Crippen LogP contribution in [0.3, 0.4) is 0 Å². The summed E-state index contributed by atoms with van der Waals surface area (Å²) in [5, 5.41) is 2.80. The lowest BCUT2D eigenvalue weighted by Gasteiger charge is -2.09. The van der Waals surface area contributed by atoms with E-state index in [2.05, 4.69) is 5.32 Å². The van der Waals surface area contributed by atoms with Crippen LogP contribution in [0.5, 0.6) is 0 Å². The van der Waals surface area contributed by atoms with E-state index in [1.165, 1.54) is 0 Å². The lowest BCUT2D eigenvalue weighted by atomic mass is 10.1. The van der Waals surface area contributed by atoms with E-state index in [1.807, 2.05) is 58.2 Å². The molecular formula is C17H23N3O2. The number of benzene rings is 1. The van der Waals surface area contributed by atoms with Gasteiger partial charge in [0.2, 0.25) is 5.91 Å². The van der Waals surface area contributed by atoms with Crippen molar-refractivity contribution in [3.8, 4) is 5.69 Å². The van der Waals surface area contributed by atoms with Crippen LogP contribution in [0.25, 0.3) is 5.69 Å². The Balaban J connectivity index is 2.39. The van der Waals surface area contributed by atoms with Crippen LogP contribution in [0.1, 0.15) is 32.4 Å². The summed E-state index contributed by atoms with van der Waals surface area (Å²) < 4.78 is 3.33. The largest absolute Gasteiger partial charge is 0.320 e. The molecule has 0 fully saturated rings. The molecule has 0 saturated heterocycles. The molecule has 22 heavy (non-hydrogen) atoms. The molecule has 0 spiro atoms. The number of carbonyl (C=O) groups is 1. The smallest absolute Gasteiger partial charge is 0.295 e. The van der Waals surface area contributed by atoms with Gasteiger partial charge in [0.1, 0.15) is 5.69 Å². The molecule has 1 atom stereocenters. The molecule has 5 nitrogen and oxygen atoms in total. The fraction of sp³-hybridized carbons (Fsp3) is 0.412. The van der Waals surface area contributed by atoms with Gasteiger partial charge in [-0.25, -0.2) is 4.68 Å². The second-order valence-electron chi connectivity index (χ2n) is 5.62. The second kappa shape index (κ2) is 6.64. The van der Waals surface area contributed by atoms with E-state index < -0.39 is 0 Å². The van der Waals surface area contributed by atoms with Gasteiger partial charge in [0.05, 0.1) is 11.4 Å². The van der Waals surface area contributed by atoms with Crippen LogP contribution >= 0.6 is 0 Å². The number of hydrogen-bond donors (Lipinski definition) is 1. The normalized spacial score (nSPS) is 12.2. The van der Waals surface area contributed by atoms with Gasteiger partial charge in [0, 0.05) is 13.0 Å². The highest BCUT2D eigenvalue weighted by Gasteiger charge is 2.20. The highest BCUT2D eigenvalue weighted by atomic mass is 16.2. The predicted molar refractivity (Wildman–Crippen MR) is 88.4 cm³/mol. The Hall–Kier alpha value is -2.30. The SMILES string of the molecule is CCC[C@@H](C)C(=O)Nc1c(C)n(C)n(-c2ccccc2)c1=O. The molecule has 1 aromatic carbocycles. The van der Waals surface area contributed by atoms with Crippen LogP contribution in [0.15, 0.2) is 35.1 Å². The van der Waals surface area contributed by atoms with Gasteiger partial charge in [-0.3, -0.25) is 14.3 Å². The molecule has 0 radical (unpaired) electrons. The molecule has 2 rings (SSSR count). The summed E-state index contributed by atoms with van der Waals surface area (Å²) in [6.07, 6.45) is 1.75.